The Labute approximate surface area is 156 Å². The number of nitrogens with zero attached hydrogens (tertiary/aromatic N) is 2. The lowest BCUT2D eigenvalue weighted by Crippen LogP contribution is -2.24. The zero-order valence-corrected chi connectivity index (χ0v) is 15.9. The van der Waals surface area contributed by atoms with Crippen molar-refractivity contribution < 1.29 is 4.79 Å². The minimum Gasteiger partial charge on any atom is -0.345 e. The van der Waals surface area contributed by atoms with Gasteiger partial charge in [-0.15, -0.1) is 0 Å². The van der Waals surface area contributed by atoms with Crippen molar-refractivity contribution in [3.63, 3.8) is 0 Å². The molecular formula is C20H22BrN3O. The predicted octanol–water partition coefficient (Wildman–Crippen LogP) is 4.92. The van der Waals surface area contributed by atoms with Gasteiger partial charge in [0, 0.05) is 16.6 Å². The van der Waals surface area contributed by atoms with E-state index >= 15 is 0 Å². The van der Waals surface area contributed by atoms with Crippen molar-refractivity contribution in [3.05, 3.63) is 64.4 Å². The van der Waals surface area contributed by atoms with E-state index in [1.54, 1.807) is 0 Å². The van der Waals surface area contributed by atoms with Crippen molar-refractivity contribution in [2.45, 2.75) is 39.3 Å². The van der Waals surface area contributed by atoms with Crippen molar-refractivity contribution in [1.29, 1.82) is 0 Å². The first-order valence-electron chi connectivity index (χ1n) is 8.67. The van der Waals surface area contributed by atoms with Gasteiger partial charge in [0.05, 0.1) is 17.6 Å². The molecule has 0 fully saturated rings. The smallest absolute Gasteiger partial charge is 0.251 e. The summed E-state index contributed by atoms with van der Waals surface area (Å²) in [6.45, 7) is 3.55. The number of rotatable bonds is 7. The second kappa shape index (κ2) is 8.30. The van der Waals surface area contributed by atoms with Crippen LogP contribution in [-0.4, -0.2) is 15.5 Å². The van der Waals surface area contributed by atoms with E-state index in [9.17, 15) is 4.79 Å². The van der Waals surface area contributed by atoms with Crippen LogP contribution in [0.3, 0.4) is 0 Å². The number of hydrogen-bond acceptors (Lipinski definition) is 2. The van der Waals surface area contributed by atoms with Gasteiger partial charge in [-0.25, -0.2) is 4.98 Å². The Kier molecular flexibility index (Phi) is 5.87. The fourth-order valence-electron chi connectivity index (χ4n) is 2.89. The van der Waals surface area contributed by atoms with Crippen molar-refractivity contribution in [2.24, 2.45) is 0 Å². The van der Waals surface area contributed by atoms with E-state index in [2.05, 4.69) is 38.8 Å². The lowest BCUT2D eigenvalue weighted by molar-refractivity contribution is 0.0949. The van der Waals surface area contributed by atoms with Crippen molar-refractivity contribution in [3.8, 4) is 0 Å². The molecule has 5 heteroatoms. The molecule has 0 spiro atoms. The van der Waals surface area contributed by atoms with Gasteiger partial charge in [-0.3, -0.25) is 4.79 Å². The maximum atomic E-state index is 12.4. The number of carbonyl (C=O) groups is 1. The summed E-state index contributed by atoms with van der Waals surface area (Å²) in [5.74, 6) is 0.822. The highest BCUT2D eigenvalue weighted by Gasteiger charge is 2.12. The number of benzene rings is 2. The Bertz CT molecular complexity index is 855. The minimum atomic E-state index is -0.0836. The van der Waals surface area contributed by atoms with Crippen LogP contribution in [0, 0.1) is 0 Å². The van der Waals surface area contributed by atoms with E-state index in [-0.39, 0.29) is 5.91 Å². The van der Waals surface area contributed by atoms with Crippen molar-refractivity contribution in [2.75, 3.05) is 0 Å². The molecule has 0 aliphatic heterocycles. The first kappa shape index (κ1) is 17.7. The molecule has 1 N–H and O–H groups in total. The van der Waals surface area contributed by atoms with Gasteiger partial charge in [0.2, 0.25) is 0 Å². The normalized spacial score (nSPS) is 11.0. The highest BCUT2D eigenvalue weighted by molar-refractivity contribution is 9.10. The van der Waals surface area contributed by atoms with Crippen molar-refractivity contribution in [1.82, 2.24) is 14.9 Å². The van der Waals surface area contributed by atoms with Gasteiger partial charge in [-0.1, -0.05) is 47.8 Å². The number of hydrogen-bond donors (Lipinski definition) is 1. The Balaban J connectivity index is 1.76. The topological polar surface area (TPSA) is 46.9 Å². The van der Waals surface area contributed by atoms with Crippen LogP contribution in [0.5, 0.6) is 0 Å². The Morgan fingerprint density at radius 1 is 1.12 bits per heavy atom. The van der Waals surface area contributed by atoms with Gasteiger partial charge in [0.15, 0.2) is 0 Å². The molecule has 0 unspecified atom stereocenters. The third-order valence-electron chi connectivity index (χ3n) is 4.23. The average Bonchev–Trinajstić information content (AvgIpc) is 2.98. The van der Waals surface area contributed by atoms with E-state index in [1.165, 1.54) is 12.8 Å². The summed E-state index contributed by atoms with van der Waals surface area (Å²) in [5, 5.41) is 2.99. The largest absolute Gasteiger partial charge is 0.345 e. The molecule has 0 saturated heterocycles. The SMILES string of the molecule is CCCCCn1c(CNC(=O)c2ccc(Br)cc2)nc2ccccc21. The molecule has 130 valence electrons. The van der Waals surface area contributed by atoms with Gasteiger partial charge >= 0.3 is 0 Å². The van der Waals surface area contributed by atoms with E-state index in [4.69, 9.17) is 4.98 Å². The summed E-state index contributed by atoms with van der Waals surface area (Å²) in [6, 6.07) is 15.5. The summed E-state index contributed by atoms with van der Waals surface area (Å²) < 4.78 is 3.19. The first-order chi connectivity index (χ1) is 12.2. The van der Waals surface area contributed by atoms with E-state index in [0.717, 1.165) is 34.3 Å². The lowest BCUT2D eigenvalue weighted by Gasteiger charge is -2.10. The molecule has 4 nitrogen and oxygen atoms in total. The zero-order chi connectivity index (χ0) is 17.6. The van der Waals surface area contributed by atoms with Gasteiger partial charge < -0.3 is 9.88 Å². The van der Waals surface area contributed by atoms with E-state index in [0.29, 0.717) is 12.1 Å². The number of amides is 1. The third-order valence-corrected chi connectivity index (χ3v) is 4.76. The molecule has 1 aromatic heterocycles. The number of halogens is 1. The molecule has 0 atom stereocenters. The number of imidazole rings is 1. The number of nitrogens with one attached hydrogen (secondary N) is 1. The van der Waals surface area contributed by atoms with Crippen LogP contribution in [0.2, 0.25) is 0 Å². The maximum Gasteiger partial charge on any atom is 0.251 e. The summed E-state index contributed by atoms with van der Waals surface area (Å²) in [4.78, 5) is 17.1. The van der Waals surface area contributed by atoms with Gasteiger partial charge in [0.25, 0.3) is 5.91 Å². The van der Waals surface area contributed by atoms with Gasteiger partial charge in [-0.2, -0.15) is 0 Å². The maximum absolute atomic E-state index is 12.4. The molecule has 0 saturated carbocycles. The number of carbonyl (C=O) groups excluding carboxylic acids is 1. The molecule has 0 aliphatic rings. The number of aromatic nitrogens is 2. The molecule has 3 aromatic rings. The molecule has 1 amide bonds. The molecular weight excluding hydrogens is 378 g/mol. The molecule has 1 heterocycles. The van der Waals surface area contributed by atoms with Crippen LogP contribution in [0.25, 0.3) is 11.0 Å². The van der Waals surface area contributed by atoms with Gasteiger partial charge in [-0.05, 0) is 42.8 Å². The van der Waals surface area contributed by atoms with Crippen LogP contribution in [0.15, 0.2) is 53.0 Å². The van der Waals surface area contributed by atoms with E-state index in [1.807, 2.05) is 42.5 Å². The first-order valence-corrected chi connectivity index (χ1v) is 9.46. The fraction of sp³-hybridized carbons (Fsp3) is 0.300. The number of para-hydroxylation sites is 2. The monoisotopic (exact) mass is 399 g/mol. The molecule has 2 aromatic carbocycles. The highest BCUT2D eigenvalue weighted by atomic mass is 79.9. The van der Waals surface area contributed by atoms with Gasteiger partial charge in [0.1, 0.15) is 5.82 Å². The second-order valence-corrected chi connectivity index (χ2v) is 6.98. The Hall–Kier alpha value is -2.14. The summed E-state index contributed by atoms with van der Waals surface area (Å²) in [5.41, 5.74) is 2.76. The molecule has 0 bridgehead atoms. The predicted molar refractivity (Wildman–Crippen MR) is 105 cm³/mol. The zero-order valence-electron chi connectivity index (χ0n) is 14.3. The number of unbranched alkanes of at least 4 members (excludes halogenated alkanes) is 2. The molecule has 0 radical (unpaired) electrons. The van der Waals surface area contributed by atoms with Crippen LogP contribution < -0.4 is 5.32 Å². The molecule has 25 heavy (non-hydrogen) atoms. The minimum absolute atomic E-state index is 0.0836. The lowest BCUT2D eigenvalue weighted by atomic mass is 10.2. The van der Waals surface area contributed by atoms with E-state index < -0.39 is 0 Å². The summed E-state index contributed by atoms with van der Waals surface area (Å²) >= 11 is 3.38. The molecule has 3 rings (SSSR count). The third kappa shape index (κ3) is 4.28. The van der Waals surface area contributed by atoms with Crippen molar-refractivity contribution >= 4 is 32.9 Å². The fourth-order valence-corrected chi connectivity index (χ4v) is 3.16. The van der Waals surface area contributed by atoms with Crippen LogP contribution in [0.4, 0.5) is 0 Å². The molecule has 0 aliphatic carbocycles. The average molecular weight is 400 g/mol. The highest BCUT2D eigenvalue weighted by Crippen LogP contribution is 2.17. The quantitative estimate of drug-likeness (QED) is 0.573. The van der Waals surface area contributed by atoms with Crippen LogP contribution >= 0.6 is 15.9 Å². The Morgan fingerprint density at radius 2 is 1.88 bits per heavy atom. The van der Waals surface area contributed by atoms with Crippen LogP contribution in [0.1, 0.15) is 42.4 Å². The summed E-state index contributed by atoms with van der Waals surface area (Å²) in [7, 11) is 0. The summed E-state index contributed by atoms with van der Waals surface area (Å²) in [6.07, 6.45) is 3.49. The Morgan fingerprint density at radius 3 is 2.64 bits per heavy atom. The van der Waals surface area contributed by atoms with Crippen LogP contribution in [-0.2, 0) is 13.1 Å². The number of fused-ring (bicyclic) bond motifs is 1. The second-order valence-electron chi connectivity index (χ2n) is 6.07. The number of aryl methyl sites for hydroxylation is 1. The standard InChI is InChI=1S/C20H22BrN3O/c1-2-3-6-13-24-18-8-5-4-7-17(18)23-19(24)14-22-20(25)15-9-11-16(21)12-10-15/h4-5,7-12H,2-3,6,13-14H2,1H3,(H,22,25).